The zero-order chi connectivity index (χ0) is 12.8. The zero-order valence-corrected chi connectivity index (χ0v) is 9.83. The summed E-state index contributed by atoms with van der Waals surface area (Å²) in [5.41, 5.74) is 2.30. The van der Waals surface area contributed by atoms with Crippen molar-refractivity contribution in [1.29, 1.82) is 0 Å². The molecule has 4 nitrogen and oxygen atoms in total. The Balaban J connectivity index is 1.83. The van der Waals surface area contributed by atoms with E-state index >= 15 is 0 Å². The van der Waals surface area contributed by atoms with Gasteiger partial charge in [0, 0.05) is 6.42 Å². The highest BCUT2D eigenvalue weighted by Gasteiger charge is 2.07. The molecule has 0 aliphatic rings. The predicted octanol–water partition coefficient (Wildman–Crippen LogP) is 2.17. The van der Waals surface area contributed by atoms with Crippen LogP contribution in [0.5, 0.6) is 0 Å². The molecule has 0 bridgehead atoms. The van der Waals surface area contributed by atoms with Crippen molar-refractivity contribution < 1.29 is 19.1 Å². The number of esters is 1. The van der Waals surface area contributed by atoms with Crippen LogP contribution in [0.15, 0.2) is 47.3 Å². The molecule has 0 fully saturated rings. The van der Waals surface area contributed by atoms with Gasteiger partial charge in [0.2, 0.25) is 0 Å². The van der Waals surface area contributed by atoms with Crippen LogP contribution in [0.3, 0.4) is 0 Å². The minimum atomic E-state index is -0.387. The summed E-state index contributed by atoms with van der Waals surface area (Å²) >= 11 is 0. The van der Waals surface area contributed by atoms with Crippen molar-refractivity contribution >= 4 is 5.97 Å². The van der Waals surface area contributed by atoms with Crippen LogP contribution in [0.25, 0.3) is 0 Å². The molecule has 1 aromatic heterocycles. The molecule has 0 amide bonds. The average molecular weight is 246 g/mol. The van der Waals surface area contributed by atoms with Crippen molar-refractivity contribution in [1.82, 2.24) is 0 Å². The number of ether oxygens (including phenoxy) is 1. The minimum absolute atomic E-state index is 0.0165. The lowest BCUT2D eigenvalue weighted by atomic mass is 10.1. The van der Waals surface area contributed by atoms with E-state index in [0.29, 0.717) is 18.6 Å². The first-order valence-electron chi connectivity index (χ1n) is 5.67. The third-order valence-corrected chi connectivity index (χ3v) is 2.55. The van der Waals surface area contributed by atoms with Crippen LogP contribution >= 0.6 is 0 Å². The van der Waals surface area contributed by atoms with Crippen LogP contribution in [-0.2, 0) is 17.8 Å². The molecule has 0 spiro atoms. The molecule has 0 aliphatic heterocycles. The minimum Gasteiger partial charge on any atom is -0.472 e. The molecule has 2 rings (SSSR count). The second kappa shape index (κ2) is 6.02. The molecule has 0 saturated carbocycles. The first kappa shape index (κ1) is 12.4. The van der Waals surface area contributed by atoms with E-state index in [9.17, 15) is 4.79 Å². The van der Waals surface area contributed by atoms with E-state index in [4.69, 9.17) is 14.3 Å². The van der Waals surface area contributed by atoms with Gasteiger partial charge in [-0.15, -0.1) is 0 Å². The quantitative estimate of drug-likeness (QED) is 0.821. The Morgan fingerprint density at radius 2 is 2.11 bits per heavy atom. The summed E-state index contributed by atoms with van der Waals surface area (Å²) in [6, 6.07) is 9.12. The Morgan fingerprint density at radius 3 is 2.83 bits per heavy atom. The number of furan rings is 1. The Bertz CT molecular complexity index is 502. The molecule has 1 heterocycles. The standard InChI is InChI=1S/C14H14O4/c15-9-12-3-1-2-11(8-12)4-7-18-14(16)13-5-6-17-10-13/h1-3,5-6,8,10,15H,4,7,9H2. The van der Waals surface area contributed by atoms with Crippen molar-refractivity contribution in [2.45, 2.75) is 13.0 Å². The van der Waals surface area contributed by atoms with E-state index in [1.807, 2.05) is 24.3 Å². The molecule has 18 heavy (non-hydrogen) atoms. The SMILES string of the molecule is O=C(OCCc1cccc(CO)c1)c1ccoc1. The highest BCUT2D eigenvalue weighted by molar-refractivity contribution is 5.88. The molecule has 0 unspecified atom stereocenters. The van der Waals surface area contributed by atoms with Crippen LogP contribution in [0.2, 0.25) is 0 Å². The number of aliphatic hydroxyl groups is 1. The van der Waals surface area contributed by atoms with Gasteiger partial charge >= 0.3 is 5.97 Å². The summed E-state index contributed by atoms with van der Waals surface area (Å²) in [4.78, 5) is 11.5. The van der Waals surface area contributed by atoms with E-state index in [1.54, 1.807) is 6.07 Å². The van der Waals surface area contributed by atoms with E-state index in [2.05, 4.69) is 0 Å². The van der Waals surface area contributed by atoms with Gasteiger partial charge in [0.05, 0.1) is 25.0 Å². The molecule has 0 saturated heterocycles. The van der Waals surface area contributed by atoms with Gasteiger partial charge < -0.3 is 14.3 Å². The molecular weight excluding hydrogens is 232 g/mol. The van der Waals surface area contributed by atoms with Crippen molar-refractivity contribution in [2.75, 3.05) is 6.61 Å². The van der Waals surface area contributed by atoms with Crippen molar-refractivity contribution in [3.8, 4) is 0 Å². The van der Waals surface area contributed by atoms with E-state index in [0.717, 1.165) is 11.1 Å². The van der Waals surface area contributed by atoms with Gasteiger partial charge in [-0.3, -0.25) is 0 Å². The number of aliphatic hydroxyl groups excluding tert-OH is 1. The van der Waals surface area contributed by atoms with Crippen LogP contribution in [0.1, 0.15) is 21.5 Å². The summed E-state index contributed by atoms with van der Waals surface area (Å²) < 4.78 is 9.90. The summed E-state index contributed by atoms with van der Waals surface area (Å²) in [6.45, 7) is 0.321. The third-order valence-electron chi connectivity index (χ3n) is 2.55. The molecule has 94 valence electrons. The number of rotatable bonds is 5. The van der Waals surface area contributed by atoms with Crippen LogP contribution in [0, 0.1) is 0 Å². The second-order valence-electron chi connectivity index (χ2n) is 3.88. The first-order valence-corrected chi connectivity index (χ1v) is 5.67. The van der Waals surface area contributed by atoms with Gasteiger partial charge in [-0.25, -0.2) is 4.79 Å². The lowest BCUT2D eigenvalue weighted by molar-refractivity contribution is 0.0508. The smallest absolute Gasteiger partial charge is 0.341 e. The van der Waals surface area contributed by atoms with Gasteiger partial charge in [0.1, 0.15) is 6.26 Å². The average Bonchev–Trinajstić information content (AvgIpc) is 2.93. The van der Waals surface area contributed by atoms with E-state index < -0.39 is 0 Å². The summed E-state index contributed by atoms with van der Waals surface area (Å²) in [6.07, 6.45) is 3.41. The number of carbonyl (C=O) groups is 1. The number of hydrogen-bond donors (Lipinski definition) is 1. The molecule has 0 atom stereocenters. The predicted molar refractivity (Wildman–Crippen MR) is 65.1 cm³/mol. The second-order valence-corrected chi connectivity index (χ2v) is 3.88. The number of benzene rings is 1. The molecule has 1 aromatic carbocycles. The van der Waals surface area contributed by atoms with Crippen LogP contribution < -0.4 is 0 Å². The Labute approximate surface area is 105 Å². The van der Waals surface area contributed by atoms with E-state index in [-0.39, 0.29) is 12.6 Å². The highest BCUT2D eigenvalue weighted by Crippen LogP contribution is 2.07. The topological polar surface area (TPSA) is 59.7 Å². The Morgan fingerprint density at radius 1 is 1.28 bits per heavy atom. The van der Waals surface area contributed by atoms with Crippen molar-refractivity contribution in [3.05, 3.63) is 59.5 Å². The normalized spacial score (nSPS) is 10.3. The maximum atomic E-state index is 11.5. The fraction of sp³-hybridized carbons (Fsp3) is 0.214. The maximum absolute atomic E-state index is 11.5. The monoisotopic (exact) mass is 246 g/mol. The van der Waals surface area contributed by atoms with Gasteiger partial charge in [-0.1, -0.05) is 24.3 Å². The largest absolute Gasteiger partial charge is 0.472 e. The molecule has 2 aromatic rings. The molecule has 1 N–H and O–H groups in total. The Kier molecular flexibility index (Phi) is 4.15. The van der Waals surface area contributed by atoms with Gasteiger partial charge in [0.15, 0.2) is 0 Å². The summed E-state index contributed by atoms with van der Waals surface area (Å²) in [5.74, 6) is -0.387. The first-order chi connectivity index (χ1) is 8.79. The lowest BCUT2D eigenvalue weighted by Crippen LogP contribution is -2.07. The fourth-order valence-corrected chi connectivity index (χ4v) is 1.61. The zero-order valence-electron chi connectivity index (χ0n) is 9.83. The maximum Gasteiger partial charge on any atom is 0.341 e. The van der Waals surface area contributed by atoms with Gasteiger partial charge in [0.25, 0.3) is 0 Å². The molecule has 0 radical (unpaired) electrons. The van der Waals surface area contributed by atoms with E-state index in [1.165, 1.54) is 12.5 Å². The van der Waals surface area contributed by atoms with Gasteiger partial charge in [-0.2, -0.15) is 0 Å². The summed E-state index contributed by atoms with van der Waals surface area (Å²) in [7, 11) is 0. The van der Waals surface area contributed by atoms with Crippen molar-refractivity contribution in [3.63, 3.8) is 0 Å². The highest BCUT2D eigenvalue weighted by atomic mass is 16.5. The van der Waals surface area contributed by atoms with Gasteiger partial charge in [-0.05, 0) is 17.2 Å². The molecule has 0 aliphatic carbocycles. The van der Waals surface area contributed by atoms with Crippen molar-refractivity contribution in [2.24, 2.45) is 0 Å². The number of carbonyl (C=O) groups excluding carboxylic acids is 1. The Hall–Kier alpha value is -2.07. The van der Waals surface area contributed by atoms with Crippen LogP contribution in [-0.4, -0.2) is 17.7 Å². The molecular formula is C14H14O4. The molecule has 4 heteroatoms. The third kappa shape index (κ3) is 3.21. The van der Waals surface area contributed by atoms with Crippen LogP contribution in [0.4, 0.5) is 0 Å². The fourth-order valence-electron chi connectivity index (χ4n) is 1.61. The number of hydrogen-bond acceptors (Lipinski definition) is 4. The lowest BCUT2D eigenvalue weighted by Gasteiger charge is -2.04. The summed E-state index contributed by atoms with van der Waals surface area (Å²) in [5, 5.41) is 9.00.